The molecule has 0 aliphatic rings. The van der Waals surface area contributed by atoms with Crippen molar-refractivity contribution in [3.05, 3.63) is 100.0 Å². The summed E-state index contributed by atoms with van der Waals surface area (Å²) in [4.78, 5) is 34.6. The molecule has 0 radical (unpaired) electrons. The van der Waals surface area contributed by atoms with Gasteiger partial charge in [0.05, 0.1) is 24.2 Å². The molecule has 0 saturated carbocycles. The fraction of sp³-hybridized carbons (Fsp3) is 0.172. The molecule has 0 bridgehead atoms. The van der Waals surface area contributed by atoms with Crippen LogP contribution in [-0.2, 0) is 17.6 Å². The Morgan fingerprint density at radius 2 is 1.81 bits per heavy atom. The molecule has 2 aromatic heterocycles. The van der Waals surface area contributed by atoms with Crippen LogP contribution in [0.15, 0.2) is 76.1 Å². The third-order valence-corrected chi connectivity index (χ3v) is 5.80. The van der Waals surface area contributed by atoms with Crippen LogP contribution >= 0.6 is 0 Å². The van der Waals surface area contributed by atoms with Gasteiger partial charge in [-0.2, -0.15) is 0 Å². The summed E-state index contributed by atoms with van der Waals surface area (Å²) < 4.78 is 16.8. The van der Waals surface area contributed by atoms with Gasteiger partial charge in [-0.1, -0.05) is 25.1 Å². The van der Waals surface area contributed by atoms with Crippen molar-refractivity contribution in [1.82, 2.24) is 9.97 Å². The number of H-pyrrole nitrogens is 1. The predicted molar refractivity (Wildman–Crippen MR) is 140 cm³/mol. The lowest BCUT2D eigenvalue weighted by molar-refractivity contribution is -0.117. The normalized spacial score (nSPS) is 10.9. The van der Waals surface area contributed by atoms with Crippen molar-refractivity contribution >= 4 is 33.5 Å². The first-order valence-corrected chi connectivity index (χ1v) is 11.9. The molecular formula is C29H23N3O5. The number of aromatic amines is 1. The number of Topliss-reactive ketones (excluding diaryl/α,β-unsaturated/α-hetero) is 1. The molecule has 0 fully saturated rings. The van der Waals surface area contributed by atoms with Gasteiger partial charge in [0.25, 0.3) is 0 Å². The molecule has 0 unspecified atom stereocenters. The summed E-state index contributed by atoms with van der Waals surface area (Å²) in [6.07, 6.45) is 3.02. The zero-order chi connectivity index (χ0) is 25.8. The van der Waals surface area contributed by atoms with Gasteiger partial charge in [-0.3, -0.25) is 14.8 Å². The number of carbonyl (C=O) groups is 1. The number of nitrogens with one attached hydrogen (secondary N) is 1. The lowest BCUT2D eigenvalue weighted by Gasteiger charge is -2.12. The van der Waals surface area contributed by atoms with Crippen LogP contribution in [0.4, 0.5) is 5.69 Å². The Kier molecular flexibility index (Phi) is 6.68. The molecule has 5 rings (SSSR count). The molecule has 0 spiro atoms. The highest BCUT2D eigenvalue weighted by Crippen LogP contribution is 2.37. The topological polar surface area (TPSA) is 98.8 Å². The van der Waals surface area contributed by atoms with Gasteiger partial charge in [0.2, 0.25) is 5.69 Å². The molecule has 0 saturated heterocycles. The van der Waals surface area contributed by atoms with Gasteiger partial charge in [0.1, 0.15) is 23.0 Å². The summed E-state index contributed by atoms with van der Waals surface area (Å²) in [5.41, 5.74) is 3.80. The number of benzene rings is 3. The van der Waals surface area contributed by atoms with Crippen molar-refractivity contribution in [1.29, 1.82) is 0 Å². The van der Waals surface area contributed by atoms with Crippen LogP contribution in [0.25, 0.3) is 26.8 Å². The largest absolute Gasteiger partial charge is 0.505 e. The van der Waals surface area contributed by atoms with E-state index < -0.39 is 5.76 Å². The van der Waals surface area contributed by atoms with E-state index in [0.717, 1.165) is 17.5 Å². The minimum Gasteiger partial charge on any atom is -0.505 e. The van der Waals surface area contributed by atoms with Crippen molar-refractivity contribution in [3.8, 4) is 17.2 Å². The van der Waals surface area contributed by atoms with Crippen molar-refractivity contribution in [2.75, 3.05) is 6.61 Å². The Morgan fingerprint density at radius 1 is 1.03 bits per heavy atom. The average molecular weight is 494 g/mol. The SMILES string of the molecule is [C-]#[N+]c1cc2c(Oc3ccc(CC(=O)Cc4ccc5oc(=O)[nH]c5c4)cc3)ccnc2cc1OCCC. The van der Waals surface area contributed by atoms with E-state index >= 15 is 0 Å². The number of hydrogen-bond acceptors (Lipinski definition) is 6. The maximum absolute atomic E-state index is 12.6. The molecule has 0 amide bonds. The third kappa shape index (κ3) is 5.36. The number of carbonyl (C=O) groups excluding carboxylic acids is 1. The molecule has 5 aromatic rings. The van der Waals surface area contributed by atoms with Gasteiger partial charge in [0, 0.05) is 24.4 Å². The standard InChI is InChI=1S/C29H23N3O5/c1-3-12-35-28-17-23-22(16-24(28)30-2)26(10-11-31-23)36-21-7-4-18(5-8-21)13-20(33)14-19-6-9-27-25(15-19)32-29(34)37-27/h4-11,15-17H,3,12-14H2,1H3,(H,32,34). The molecule has 8 heteroatoms. The van der Waals surface area contributed by atoms with Crippen LogP contribution in [-0.4, -0.2) is 22.4 Å². The number of nitrogens with zero attached hydrogens (tertiary/aromatic N) is 2. The molecule has 0 aliphatic carbocycles. The molecule has 1 N–H and O–H groups in total. The first kappa shape index (κ1) is 23.8. The molecule has 37 heavy (non-hydrogen) atoms. The number of fused-ring (bicyclic) bond motifs is 2. The Balaban J connectivity index is 1.28. The van der Waals surface area contributed by atoms with E-state index in [2.05, 4.69) is 14.8 Å². The van der Waals surface area contributed by atoms with E-state index in [4.69, 9.17) is 20.5 Å². The van der Waals surface area contributed by atoms with Gasteiger partial charge >= 0.3 is 5.76 Å². The summed E-state index contributed by atoms with van der Waals surface area (Å²) in [7, 11) is 0. The van der Waals surface area contributed by atoms with Crippen LogP contribution < -0.4 is 15.2 Å². The number of ketones is 1. The summed E-state index contributed by atoms with van der Waals surface area (Å²) in [6.45, 7) is 10.0. The Hall–Kier alpha value is -4.90. The molecule has 0 atom stereocenters. The van der Waals surface area contributed by atoms with E-state index in [0.29, 0.717) is 51.5 Å². The maximum Gasteiger partial charge on any atom is 0.417 e. The minimum atomic E-state index is -0.516. The lowest BCUT2D eigenvalue weighted by atomic mass is 10.0. The van der Waals surface area contributed by atoms with E-state index in [1.165, 1.54) is 0 Å². The zero-order valence-corrected chi connectivity index (χ0v) is 20.1. The Morgan fingerprint density at radius 3 is 2.59 bits per heavy atom. The highest BCUT2D eigenvalue weighted by Gasteiger charge is 2.12. The van der Waals surface area contributed by atoms with Crippen LogP contribution in [0.5, 0.6) is 17.2 Å². The summed E-state index contributed by atoms with van der Waals surface area (Å²) in [6, 6.07) is 17.8. The van der Waals surface area contributed by atoms with Crippen LogP contribution in [0.3, 0.4) is 0 Å². The number of pyridine rings is 1. The van der Waals surface area contributed by atoms with E-state index in [1.807, 2.05) is 31.2 Å². The second kappa shape index (κ2) is 10.4. The summed E-state index contributed by atoms with van der Waals surface area (Å²) >= 11 is 0. The van der Waals surface area contributed by atoms with Gasteiger partial charge < -0.3 is 13.9 Å². The summed E-state index contributed by atoms with van der Waals surface area (Å²) in [5.74, 6) is 1.23. The van der Waals surface area contributed by atoms with E-state index in [1.54, 1.807) is 42.6 Å². The van der Waals surface area contributed by atoms with E-state index in [-0.39, 0.29) is 18.6 Å². The fourth-order valence-corrected chi connectivity index (χ4v) is 4.07. The van der Waals surface area contributed by atoms with Crippen molar-refractivity contribution in [2.45, 2.75) is 26.2 Å². The quantitative estimate of drug-likeness (QED) is 0.247. The van der Waals surface area contributed by atoms with Crippen LogP contribution in [0.1, 0.15) is 24.5 Å². The molecular weight excluding hydrogens is 470 g/mol. The smallest absolute Gasteiger partial charge is 0.417 e. The van der Waals surface area contributed by atoms with Gasteiger partial charge in [-0.05, 0) is 60.0 Å². The minimum absolute atomic E-state index is 0.0479. The van der Waals surface area contributed by atoms with Crippen LogP contribution in [0, 0.1) is 6.57 Å². The molecule has 2 heterocycles. The third-order valence-electron chi connectivity index (χ3n) is 5.80. The predicted octanol–water partition coefficient (Wildman–Crippen LogP) is 6.16. The lowest BCUT2D eigenvalue weighted by Crippen LogP contribution is -2.06. The van der Waals surface area contributed by atoms with E-state index in [9.17, 15) is 9.59 Å². The first-order valence-electron chi connectivity index (χ1n) is 11.9. The Bertz CT molecular complexity index is 1690. The average Bonchev–Trinajstić information content (AvgIpc) is 3.27. The molecule has 0 aliphatic heterocycles. The number of aromatic nitrogens is 2. The van der Waals surface area contributed by atoms with Crippen molar-refractivity contribution in [3.63, 3.8) is 0 Å². The van der Waals surface area contributed by atoms with Gasteiger partial charge in [0.15, 0.2) is 5.58 Å². The molecule has 3 aromatic carbocycles. The Labute approximate surface area is 212 Å². The highest BCUT2D eigenvalue weighted by molar-refractivity contribution is 5.91. The number of rotatable bonds is 9. The van der Waals surface area contributed by atoms with Gasteiger partial charge in [-0.25, -0.2) is 9.64 Å². The van der Waals surface area contributed by atoms with Crippen molar-refractivity contribution in [2.24, 2.45) is 0 Å². The number of oxazole rings is 1. The van der Waals surface area contributed by atoms with Crippen molar-refractivity contribution < 1.29 is 18.7 Å². The summed E-state index contributed by atoms with van der Waals surface area (Å²) in [5, 5.41) is 0.715. The maximum atomic E-state index is 12.6. The second-order valence-electron chi connectivity index (χ2n) is 8.59. The first-order chi connectivity index (χ1) is 18.0. The fourth-order valence-electron chi connectivity index (χ4n) is 4.07. The monoisotopic (exact) mass is 493 g/mol. The zero-order valence-electron chi connectivity index (χ0n) is 20.1. The number of ether oxygens (including phenoxy) is 2. The highest BCUT2D eigenvalue weighted by atomic mass is 16.5. The van der Waals surface area contributed by atoms with Crippen LogP contribution in [0.2, 0.25) is 0 Å². The molecule has 8 nitrogen and oxygen atoms in total. The molecule has 184 valence electrons. The number of hydrogen-bond donors (Lipinski definition) is 1. The van der Waals surface area contributed by atoms with Gasteiger partial charge in [-0.15, -0.1) is 0 Å². The second-order valence-corrected chi connectivity index (χ2v) is 8.59.